The van der Waals surface area contributed by atoms with E-state index in [9.17, 15) is 0 Å². The molecule has 3 nitrogen and oxygen atoms in total. The second-order valence-corrected chi connectivity index (χ2v) is 4.55. The minimum atomic E-state index is 0.697. The van der Waals surface area contributed by atoms with Gasteiger partial charge >= 0.3 is 0 Å². The van der Waals surface area contributed by atoms with Crippen LogP contribution in [-0.4, -0.2) is 20.3 Å². The summed E-state index contributed by atoms with van der Waals surface area (Å²) in [4.78, 5) is 0. The predicted octanol–water partition coefficient (Wildman–Crippen LogP) is 2.74. The van der Waals surface area contributed by atoms with Crippen molar-refractivity contribution < 1.29 is 9.47 Å². The fourth-order valence-corrected chi connectivity index (χ4v) is 2.38. The van der Waals surface area contributed by atoms with Crippen LogP contribution in [0.1, 0.15) is 31.2 Å². The van der Waals surface area contributed by atoms with E-state index in [2.05, 4.69) is 11.4 Å². The van der Waals surface area contributed by atoms with Crippen molar-refractivity contribution in [1.29, 1.82) is 0 Å². The van der Waals surface area contributed by atoms with Crippen molar-refractivity contribution in [1.82, 2.24) is 5.32 Å². The minimum absolute atomic E-state index is 0.697. The molecule has 1 aliphatic rings. The van der Waals surface area contributed by atoms with Crippen molar-refractivity contribution >= 4 is 0 Å². The lowest BCUT2D eigenvalue weighted by atomic mass is 10.1. The number of ether oxygens (including phenoxy) is 2. The van der Waals surface area contributed by atoms with Crippen molar-refractivity contribution in [2.75, 3.05) is 14.2 Å². The van der Waals surface area contributed by atoms with Gasteiger partial charge in [0.1, 0.15) is 0 Å². The summed E-state index contributed by atoms with van der Waals surface area (Å²) in [5.74, 6) is 1.59. The van der Waals surface area contributed by atoms with E-state index in [4.69, 9.17) is 9.47 Å². The molecule has 0 amide bonds. The molecule has 94 valence electrons. The summed E-state index contributed by atoms with van der Waals surface area (Å²) in [6.07, 6.45) is 5.35. The molecule has 0 spiro atoms. The average Bonchev–Trinajstić information content (AvgIpc) is 2.89. The normalized spacial score (nSPS) is 16.1. The quantitative estimate of drug-likeness (QED) is 0.851. The van der Waals surface area contributed by atoms with Gasteiger partial charge in [0.2, 0.25) is 0 Å². The highest BCUT2D eigenvalue weighted by molar-refractivity contribution is 5.42. The van der Waals surface area contributed by atoms with Gasteiger partial charge in [-0.15, -0.1) is 0 Å². The maximum Gasteiger partial charge on any atom is 0.161 e. The lowest BCUT2D eigenvalue weighted by Gasteiger charge is -2.13. The summed E-state index contributed by atoms with van der Waals surface area (Å²) in [5.41, 5.74) is 1.24. The average molecular weight is 235 g/mol. The summed E-state index contributed by atoms with van der Waals surface area (Å²) in [6, 6.07) is 6.79. The van der Waals surface area contributed by atoms with Crippen LogP contribution in [0.2, 0.25) is 0 Å². The Morgan fingerprint density at radius 1 is 1.12 bits per heavy atom. The van der Waals surface area contributed by atoms with Gasteiger partial charge in [0.15, 0.2) is 11.5 Å². The standard InChI is InChI=1S/C14H21NO2/c1-16-13-8-7-11(9-14(13)17-2)10-15-12-5-3-4-6-12/h7-9,12,15H,3-6,10H2,1-2H3. The van der Waals surface area contributed by atoms with Gasteiger partial charge in [0, 0.05) is 12.6 Å². The molecule has 0 aromatic heterocycles. The first-order valence-electron chi connectivity index (χ1n) is 6.28. The van der Waals surface area contributed by atoms with Gasteiger partial charge in [-0.2, -0.15) is 0 Å². The van der Waals surface area contributed by atoms with Gasteiger partial charge < -0.3 is 14.8 Å². The molecular weight excluding hydrogens is 214 g/mol. The van der Waals surface area contributed by atoms with Crippen molar-refractivity contribution in [3.8, 4) is 11.5 Å². The van der Waals surface area contributed by atoms with Gasteiger partial charge in [0.25, 0.3) is 0 Å². The maximum absolute atomic E-state index is 5.30. The van der Waals surface area contributed by atoms with Crippen LogP contribution in [0, 0.1) is 0 Å². The molecule has 0 heterocycles. The molecule has 1 N–H and O–H groups in total. The third-order valence-electron chi connectivity index (χ3n) is 3.40. The molecule has 0 radical (unpaired) electrons. The zero-order valence-corrected chi connectivity index (χ0v) is 10.7. The monoisotopic (exact) mass is 235 g/mol. The molecule has 2 rings (SSSR count). The third kappa shape index (κ3) is 3.13. The van der Waals surface area contributed by atoms with E-state index in [1.165, 1.54) is 31.2 Å². The van der Waals surface area contributed by atoms with Crippen molar-refractivity contribution in [2.24, 2.45) is 0 Å². The Labute approximate surface area is 103 Å². The SMILES string of the molecule is COc1ccc(CNC2CCCC2)cc1OC. The van der Waals surface area contributed by atoms with Gasteiger partial charge in [-0.25, -0.2) is 0 Å². The summed E-state index contributed by atoms with van der Waals surface area (Å²) in [7, 11) is 3.33. The van der Waals surface area contributed by atoms with E-state index in [1.807, 2.05) is 12.1 Å². The number of benzene rings is 1. The number of rotatable bonds is 5. The van der Waals surface area contributed by atoms with E-state index in [-0.39, 0.29) is 0 Å². The van der Waals surface area contributed by atoms with Crippen LogP contribution >= 0.6 is 0 Å². The van der Waals surface area contributed by atoms with Crippen LogP contribution in [-0.2, 0) is 6.54 Å². The van der Waals surface area contributed by atoms with Gasteiger partial charge in [-0.05, 0) is 30.5 Å². The summed E-state index contributed by atoms with van der Waals surface area (Å²) in [5, 5.41) is 3.59. The van der Waals surface area contributed by atoms with Crippen molar-refractivity contribution in [3.63, 3.8) is 0 Å². The lowest BCUT2D eigenvalue weighted by Crippen LogP contribution is -2.25. The molecule has 0 unspecified atom stereocenters. The molecular formula is C14H21NO2. The fraction of sp³-hybridized carbons (Fsp3) is 0.571. The number of hydrogen-bond donors (Lipinski definition) is 1. The highest BCUT2D eigenvalue weighted by Gasteiger charge is 2.14. The molecule has 1 aliphatic carbocycles. The number of methoxy groups -OCH3 is 2. The maximum atomic E-state index is 5.30. The zero-order chi connectivity index (χ0) is 12.1. The Morgan fingerprint density at radius 2 is 1.82 bits per heavy atom. The van der Waals surface area contributed by atoms with Gasteiger partial charge in [0.05, 0.1) is 14.2 Å². The highest BCUT2D eigenvalue weighted by Crippen LogP contribution is 2.27. The summed E-state index contributed by atoms with van der Waals surface area (Å²) in [6.45, 7) is 0.908. The van der Waals surface area contributed by atoms with Crippen molar-refractivity contribution in [3.05, 3.63) is 23.8 Å². The molecule has 0 aliphatic heterocycles. The van der Waals surface area contributed by atoms with Crippen LogP contribution < -0.4 is 14.8 Å². The molecule has 0 saturated heterocycles. The van der Waals surface area contributed by atoms with E-state index in [0.717, 1.165) is 18.0 Å². The Kier molecular flexibility index (Phi) is 4.26. The van der Waals surface area contributed by atoms with Gasteiger partial charge in [-0.3, -0.25) is 0 Å². The Bertz CT molecular complexity index is 359. The Hall–Kier alpha value is -1.22. The van der Waals surface area contributed by atoms with Gasteiger partial charge in [-0.1, -0.05) is 18.9 Å². The molecule has 0 bridgehead atoms. The smallest absolute Gasteiger partial charge is 0.161 e. The van der Waals surface area contributed by atoms with E-state index < -0.39 is 0 Å². The fourth-order valence-electron chi connectivity index (χ4n) is 2.38. The first-order chi connectivity index (χ1) is 8.33. The third-order valence-corrected chi connectivity index (χ3v) is 3.40. The van der Waals surface area contributed by atoms with E-state index in [1.54, 1.807) is 14.2 Å². The topological polar surface area (TPSA) is 30.5 Å². The van der Waals surface area contributed by atoms with Crippen molar-refractivity contribution in [2.45, 2.75) is 38.3 Å². The van der Waals surface area contributed by atoms with Crippen LogP contribution in [0.5, 0.6) is 11.5 Å². The Morgan fingerprint density at radius 3 is 2.47 bits per heavy atom. The first kappa shape index (κ1) is 12.2. The lowest BCUT2D eigenvalue weighted by molar-refractivity contribution is 0.354. The molecule has 1 fully saturated rings. The largest absolute Gasteiger partial charge is 0.493 e. The number of nitrogens with one attached hydrogen (secondary N) is 1. The predicted molar refractivity (Wildman–Crippen MR) is 68.6 cm³/mol. The second-order valence-electron chi connectivity index (χ2n) is 4.55. The molecule has 1 aromatic carbocycles. The minimum Gasteiger partial charge on any atom is -0.493 e. The number of hydrogen-bond acceptors (Lipinski definition) is 3. The molecule has 0 atom stereocenters. The van der Waals surface area contributed by atoms with E-state index >= 15 is 0 Å². The summed E-state index contributed by atoms with van der Waals surface area (Å²) >= 11 is 0. The van der Waals surface area contributed by atoms with Crippen LogP contribution in [0.3, 0.4) is 0 Å². The van der Waals surface area contributed by atoms with Crippen LogP contribution in [0.25, 0.3) is 0 Å². The molecule has 1 saturated carbocycles. The van der Waals surface area contributed by atoms with Crippen LogP contribution in [0.4, 0.5) is 0 Å². The molecule has 1 aromatic rings. The first-order valence-corrected chi connectivity index (χ1v) is 6.28. The molecule has 17 heavy (non-hydrogen) atoms. The second kappa shape index (κ2) is 5.92. The summed E-state index contributed by atoms with van der Waals surface area (Å²) < 4.78 is 10.5. The zero-order valence-electron chi connectivity index (χ0n) is 10.7. The van der Waals surface area contributed by atoms with E-state index in [0.29, 0.717) is 6.04 Å². The Balaban J connectivity index is 1.95. The van der Waals surface area contributed by atoms with Crippen LogP contribution in [0.15, 0.2) is 18.2 Å². The molecule has 3 heteroatoms. The highest BCUT2D eigenvalue weighted by atomic mass is 16.5.